The summed E-state index contributed by atoms with van der Waals surface area (Å²) in [5.74, 6) is 0.179. The molecule has 12 heavy (non-hydrogen) atoms. The molecule has 1 heterocycles. The van der Waals surface area contributed by atoms with E-state index in [0.717, 1.165) is 11.0 Å². The van der Waals surface area contributed by atoms with E-state index in [1.807, 2.05) is 0 Å². The first-order valence-electron chi connectivity index (χ1n) is 4.78. The van der Waals surface area contributed by atoms with Crippen molar-refractivity contribution in [2.45, 2.75) is 19.8 Å². The van der Waals surface area contributed by atoms with Gasteiger partial charge in [0.1, 0.15) is 0 Å². The van der Waals surface area contributed by atoms with E-state index >= 15 is 0 Å². The number of carbonyl (C=O) groups is 1. The zero-order valence-electron chi connectivity index (χ0n) is 8.10. The van der Waals surface area contributed by atoms with Gasteiger partial charge < -0.3 is 9.80 Å². The van der Waals surface area contributed by atoms with Crippen molar-refractivity contribution in [3.8, 4) is 0 Å². The summed E-state index contributed by atoms with van der Waals surface area (Å²) in [5, 5.41) is 2.70. The molecule has 0 aliphatic carbocycles. The van der Waals surface area contributed by atoms with Gasteiger partial charge in [-0.2, -0.15) is 0 Å². The number of likely N-dealkylation sites (N-methyl/N-ethyl adjacent to an activating group) is 2. The first kappa shape index (κ1) is 9.52. The van der Waals surface area contributed by atoms with Crippen molar-refractivity contribution >= 4 is 5.91 Å². The Labute approximate surface area is 74.3 Å². The molecule has 3 nitrogen and oxygen atoms in total. The van der Waals surface area contributed by atoms with Crippen molar-refractivity contribution in [3.63, 3.8) is 0 Å². The number of nitrogens with zero attached hydrogens (tertiary/aromatic N) is 1. The minimum Gasteiger partial charge on any atom is -0.354 e. The molecule has 0 bridgehead atoms. The summed E-state index contributed by atoms with van der Waals surface area (Å²) in [6, 6.07) is 0. The molecule has 0 atom stereocenters. The number of quaternary nitrogens is 1. The number of amides is 1. The second-order valence-corrected chi connectivity index (χ2v) is 3.64. The van der Waals surface area contributed by atoms with Gasteiger partial charge in [0.15, 0.2) is 6.54 Å². The van der Waals surface area contributed by atoms with E-state index in [1.165, 1.54) is 25.9 Å². The fraction of sp³-hybridized carbons (Fsp3) is 0.889. The Bertz CT molecular complexity index is 162. The Morgan fingerprint density at radius 1 is 1.42 bits per heavy atom. The topological polar surface area (TPSA) is 29.1 Å². The van der Waals surface area contributed by atoms with E-state index in [9.17, 15) is 4.79 Å². The molecule has 0 saturated carbocycles. The van der Waals surface area contributed by atoms with Gasteiger partial charge >= 0.3 is 0 Å². The van der Waals surface area contributed by atoms with Crippen molar-refractivity contribution in [1.29, 1.82) is 0 Å². The van der Waals surface area contributed by atoms with E-state index < -0.39 is 0 Å². The van der Waals surface area contributed by atoms with Crippen LogP contribution in [-0.4, -0.2) is 43.6 Å². The SMILES string of the molecule is CC[N+]1(CC(=O)NC)CCCC1. The van der Waals surface area contributed by atoms with Crippen LogP contribution in [0.25, 0.3) is 0 Å². The van der Waals surface area contributed by atoms with Gasteiger partial charge in [-0.1, -0.05) is 0 Å². The van der Waals surface area contributed by atoms with Crippen LogP contribution in [-0.2, 0) is 4.79 Å². The minimum absolute atomic E-state index is 0.179. The van der Waals surface area contributed by atoms with Crippen LogP contribution in [0.3, 0.4) is 0 Å². The summed E-state index contributed by atoms with van der Waals surface area (Å²) in [6.45, 7) is 6.31. The number of hydrogen-bond acceptors (Lipinski definition) is 1. The predicted octanol–water partition coefficient (Wildman–Crippen LogP) is 0.363. The minimum atomic E-state index is 0.179. The van der Waals surface area contributed by atoms with E-state index in [4.69, 9.17) is 0 Å². The number of hydrogen-bond donors (Lipinski definition) is 1. The number of likely N-dealkylation sites (tertiary alicyclic amines) is 1. The average Bonchev–Trinajstić information content (AvgIpc) is 2.54. The van der Waals surface area contributed by atoms with Crippen molar-refractivity contribution < 1.29 is 9.28 Å². The molecule has 1 amide bonds. The van der Waals surface area contributed by atoms with Gasteiger partial charge in [0, 0.05) is 19.9 Å². The van der Waals surface area contributed by atoms with E-state index in [-0.39, 0.29) is 5.91 Å². The normalized spacial score (nSPS) is 20.8. The van der Waals surface area contributed by atoms with E-state index in [0.29, 0.717) is 6.54 Å². The summed E-state index contributed by atoms with van der Waals surface area (Å²) in [5.41, 5.74) is 0. The molecule has 3 heteroatoms. The Balaban J connectivity index is 2.49. The van der Waals surface area contributed by atoms with Crippen molar-refractivity contribution in [2.24, 2.45) is 0 Å². The van der Waals surface area contributed by atoms with Crippen LogP contribution in [0.2, 0.25) is 0 Å². The summed E-state index contributed by atoms with van der Waals surface area (Å²) in [6.07, 6.45) is 2.57. The summed E-state index contributed by atoms with van der Waals surface area (Å²) in [4.78, 5) is 11.2. The smallest absolute Gasteiger partial charge is 0.275 e. The lowest BCUT2D eigenvalue weighted by Gasteiger charge is -2.31. The molecule has 0 unspecified atom stereocenters. The van der Waals surface area contributed by atoms with E-state index in [1.54, 1.807) is 7.05 Å². The molecule has 0 aromatic heterocycles. The highest BCUT2D eigenvalue weighted by atomic mass is 16.2. The molecule has 0 aromatic rings. The molecule has 1 N–H and O–H groups in total. The molecule has 1 fully saturated rings. The summed E-state index contributed by atoms with van der Waals surface area (Å²) in [7, 11) is 1.71. The van der Waals surface area contributed by atoms with Gasteiger partial charge in [-0.25, -0.2) is 0 Å². The average molecular weight is 171 g/mol. The monoisotopic (exact) mass is 171 g/mol. The molecule has 0 spiro atoms. The van der Waals surface area contributed by atoms with E-state index in [2.05, 4.69) is 12.2 Å². The molecule has 0 radical (unpaired) electrons. The fourth-order valence-electron chi connectivity index (χ4n) is 1.98. The predicted molar refractivity (Wildman–Crippen MR) is 48.7 cm³/mol. The molecule has 70 valence electrons. The first-order valence-corrected chi connectivity index (χ1v) is 4.78. The van der Waals surface area contributed by atoms with Gasteiger partial charge in [-0.3, -0.25) is 4.79 Å². The van der Waals surface area contributed by atoms with Crippen LogP contribution >= 0.6 is 0 Å². The number of carbonyl (C=O) groups excluding carboxylic acids is 1. The van der Waals surface area contributed by atoms with Gasteiger partial charge in [0.2, 0.25) is 0 Å². The summed E-state index contributed by atoms with van der Waals surface area (Å²) >= 11 is 0. The lowest BCUT2D eigenvalue weighted by molar-refractivity contribution is -0.907. The molecule has 1 aliphatic rings. The summed E-state index contributed by atoms with van der Waals surface area (Å²) < 4.78 is 1.000. The second-order valence-electron chi connectivity index (χ2n) is 3.64. The van der Waals surface area contributed by atoms with Crippen molar-refractivity contribution in [1.82, 2.24) is 5.32 Å². The molecule has 1 aliphatic heterocycles. The maximum Gasteiger partial charge on any atom is 0.275 e. The Morgan fingerprint density at radius 3 is 2.42 bits per heavy atom. The Morgan fingerprint density at radius 2 is 2.00 bits per heavy atom. The third-order valence-corrected chi connectivity index (χ3v) is 2.94. The first-order chi connectivity index (χ1) is 5.72. The zero-order valence-corrected chi connectivity index (χ0v) is 8.10. The van der Waals surface area contributed by atoms with Crippen molar-refractivity contribution in [3.05, 3.63) is 0 Å². The highest BCUT2D eigenvalue weighted by Gasteiger charge is 2.31. The third kappa shape index (κ3) is 1.97. The molecule has 1 rings (SSSR count). The van der Waals surface area contributed by atoms with Crippen LogP contribution < -0.4 is 5.32 Å². The van der Waals surface area contributed by atoms with Crippen molar-refractivity contribution in [2.75, 3.05) is 33.2 Å². The van der Waals surface area contributed by atoms with Crippen LogP contribution in [0.5, 0.6) is 0 Å². The standard InChI is InChI=1S/C9H18N2O/c1-3-11(6-4-5-7-11)8-9(12)10-2/h3-8H2,1-2H3/p+1. The lowest BCUT2D eigenvalue weighted by Crippen LogP contribution is -2.50. The molecular weight excluding hydrogens is 152 g/mol. The fourth-order valence-corrected chi connectivity index (χ4v) is 1.98. The van der Waals surface area contributed by atoms with Gasteiger partial charge in [0.25, 0.3) is 5.91 Å². The zero-order chi connectivity index (χ0) is 9.03. The Kier molecular flexibility index (Phi) is 3.09. The molecular formula is C9H19N2O+. The largest absolute Gasteiger partial charge is 0.354 e. The maximum absolute atomic E-state index is 11.2. The van der Waals surface area contributed by atoms with Gasteiger partial charge in [-0.15, -0.1) is 0 Å². The van der Waals surface area contributed by atoms with Crippen LogP contribution in [0.1, 0.15) is 19.8 Å². The van der Waals surface area contributed by atoms with Gasteiger partial charge in [0.05, 0.1) is 19.6 Å². The highest BCUT2D eigenvalue weighted by Crippen LogP contribution is 2.18. The maximum atomic E-state index is 11.2. The molecule has 0 aromatic carbocycles. The van der Waals surface area contributed by atoms with Gasteiger partial charge in [-0.05, 0) is 6.92 Å². The Hall–Kier alpha value is -0.570. The number of rotatable bonds is 3. The van der Waals surface area contributed by atoms with Crippen LogP contribution in [0.4, 0.5) is 0 Å². The third-order valence-electron chi connectivity index (χ3n) is 2.94. The van der Waals surface area contributed by atoms with Crippen LogP contribution in [0, 0.1) is 0 Å². The number of nitrogens with one attached hydrogen (secondary N) is 1. The second kappa shape index (κ2) is 3.90. The lowest BCUT2D eigenvalue weighted by atomic mass is 10.3. The quantitative estimate of drug-likeness (QED) is 0.610. The highest BCUT2D eigenvalue weighted by molar-refractivity contribution is 5.76. The van der Waals surface area contributed by atoms with Crippen LogP contribution in [0.15, 0.2) is 0 Å². The molecule has 1 saturated heterocycles.